The van der Waals surface area contributed by atoms with E-state index in [0.717, 1.165) is 123 Å². The largest absolute Gasteiger partial charge is 0.310 e. The summed E-state index contributed by atoms with van der Waals surface area (Å²) in [6.07, 6.45) is 0. The molecule has 0 saturated carbocycles. The minimum Gasteiger partial charge on any atom is -0.310 e. The Bertz CT molecular complexity index is 6330. The minimum absolute atomic E-state index is 1.05. The van der Waals surface area contributed by atoms with Crippen molar-refractivity contribution in [1.29, 1.82) is 0 Å². The molecule has 0 bridgehead atoms. The smallest absolute Gasteiger partial charge is 0.0619 e. The molecule has 0 unspecified atom stereocenters. The van der Waals surface area contributed by atoms with Crippen molar-refractivity contribution >= 4 is 77.5 Å². The molecule has 4 nitrogen and oxygen atoms in total. The van der Waals surface area contributed by atoms with Crippen LogP contribution in [0.4, 0.5) is 34.1 Å². The van der Waals surface area contributed by atoms with Crippen LogP contribution < -0.4 is 9.80 Å². The van der Waals surface area contributed by atoms with E-state index in [0.29, 0.717) is 0 Å². The van der Waals surface area contributed by atoms with Crippen molar-refractivity contribution in [2.45, 2.75) is 0 Å². The molecule has 0 radical (unpaired) electrons. The summed E-state index contributed by atoms with van der Waals surface area (Å²) in [5.41, 5.74) is 31.7. The lowest BCUT2D eigenvalue weighted by molar-refractivity contribution is 1.13. The first-order valence-corrected chi connectivity index (χ1v) is 38.4. The molecular weight excluding hydrogens is 1350 g/mol. The van der Waals surface area contributed by atoms with Crippen molar-refractivity contribution in [2.24, 2.45) is 0 Å². The van der Waals surface area contributed by atoms with E-state index in [9.17, 15) is 0 Å². The molecule has 112 heavy (non-hydrogen) atoms. The molecule has 2 aromatic heterocycles. The van der Waals surface area contributed by atoms with Crippen molar-refractivity contribution in [3.63, 3.8) is 0 Å². The van der Waals surface area contributed by atoms with Gasteiger partial charge in [-0.1, -0.05) is 340 Å². The maximum atomic E-state index is 2.49. The van der Waals surface area contributed by atoms with Crippen LogP contribution >= 0.6 is 0 Å². The average molecular weight is 1430 g/mol. The highest BCUT2D eigenvalue weighted by atomic mass is 15.2. The fourth-order valence-corrected chi connectivity index (χ4v) is 16.8. The Morgan fingerprint density at radius 2 is 0.402 bits per heavy atom. The maximum absolute atomic E-state index is 2.49. The van der Waals surface area contributed by atoms with Crippen molar-refractivity contribution < 1.29 is 0 Å². The Kier molecular flexibility index (Phi) is 17.3. The summed E-state index contributed by atoms with van der Waals surface area (Å²) in [4.78, 5) is 4.81. The summed E-state index contributed by atoms with van der Waals surface area (Å²) in [6, 6.07) is 164. The first-order valence-electron chi connectivity index (χ1n) is 38.4. The van der Waals surface area contributed by atoms with Crippen LogP contribution in [0.5, 0.6) is 0 Å². The Balaban J connectivity index is 0.706. The fourth-order valence-electron chi connectivity index (χ4n) is 16.8. The highest BCUT2D eigenvalue weighted by Gasteiger charge is 2.27. The molecule has 20 rings (SSSR count). The van der Waals surface area contributed by atoms with Crippen LogP contribution in [0.25, 0.3) is 155 Å². The SMILES string of the molecule is c1ccc(-c2ccc(-c3ccc(N(c4ccc(-n5c(-c6ccccc6)c(-c6ccccc6)c6cc(-c7ccc8c(c7)c(-c7ccccc7)c(-c7ccccc7)n8-c7ccc(N(c8ccc(-c9ccc(-c%10ccccc%10)cc9)cc8)c8cccc9ccccc89)cc7)ccc65)cc4)c4cccc5ccccc45)cc3)cc2)cc1. The lowest BCUT2D eigenvalue weighted by Crippen LogP contribution is -2.10. The second-order valence-corrected chi connectivity index (χ2v) is 28.7. The third-order valence-electron chi connectivity index (χ3n) is 22.1. The number of hydrogen-bond donors (Lipinski definition) is 0. The minimum atomic E-state index is 1.05. The third kappa shape index (κ3) is 12.4. The molecule has 0 aliphatic heterocycles. The number of rotatable bonds is 17. The fraction of sp³-hybridized carbons (Fsp3) is 0. The van der Waals surface area contributed by atoms with E-state index >= 15 is 0 Å². The highest BCUT2D eigenvalue weighted by molar-refractivity contribution is 6.10. The van der Waals surface area contributed by atoms with Gasteiger partial charge >= 0.3 is 0 Å². The van der Waals surface area contributed by atoms with Crippen molar-refractivity contribution in [2.75, 3.05) is 9.80 Å². The number of nitrogens with zero attached hydrogens (tertiary/aromatic N) is 4. The highest BCUT2D eigenvalue weighted by Crippen LogP contribution is 2.50. The number of anilines is 6. The van der Waals surface area contributed by atoms with E-state index in [1.165, 1.54) is 66.1 Å². The van der Waals surface area contributed by atoms with Gasteiger partial charge in [0.1, 0.15) is 0 Å². The Labute approximate surface area is 652 Å². The summed E-state index contributed by atoms with van der Waals surface area (Å²) in [5.74, 6) is 0. The van der Waals surface area contributed by atoms with Gasteiger partial charge in [-0.15, -0.1) is 0 Å². The molecular formula is C108H74N4. The molecule has 0 aliphatic carbocycles. The van der Waals surface area contributed by atoms with Gasteiger partial charge in [-0.3, -0.25) is 0 Å². The predicted molar refractivity (Wildman–Crippen MR) is 473 cm³/mol. The van der Waals surface area contributed by atoms with E-state index < -0.39 is 0 Å². The zero-order valence-electron chi connectivity index (χ0n) is 61.5. The monoisotopic (exact) mass is 1430 g/mol. The summed E-state index contributed by atoms with van der Waals surface area (Å²) in [6.45, 7) is 0. The van der Waals surface area contributed by atoms with Gasteiger partial charge in [0.05, 0.1) is 33.8 Å². The quantitative estimate of drug-likeness (QED) is 0.0903. The molecule has 0 fully saturated rings. The number of aromatic nitrogens is 2. The van der Waals surface area contributed by atoms with Gasteiger partial charge in [-0.25, -0.2) is 0 Å². The van der Waals surface area contributed by atoms with Gasteiger partial charge in [0, 0.05) is 66.8 Å². The van der Waals surface area contributed by atoms with Crippen molar-refractivity contribution in [1.82, 2.24) is 9.13 Å². The van der Waals surface area contributed by atoms with Crippen LogP contribution in [0.2, 0.25) is 0 Å². The molecule has 2 heterocycles. The normalized spacial score (nSPS) is 11.4. The summed E-state index contributed by atoms with van der Waals surface area (Å²) < 4.78 is 4.97. The molecule has 0 amide bonds. The molecule has 0 atom stereocenters. The molecule has 0 N–H and O–H groups in total. The van der Waals surface area contributed by atoms with Crippen LogP contribution in [0, 0.1) is 0 Å². The Hall–Kier alpha value is -14.8. The zero-order chi connectivity index (χ0) is 74.3. The molecule has 4 heteroatoms. The summed E-state index contributed by atoms with van der Waals surface area (Å²) in [5, 5.41) is 7.05. The first kappa shape index (κ1) is 66.6. The van der Waals surface area contributed by atoms with E-state index in [-0.39, 0.29) is 0 Å². The summed E-state index contributed by atoms with van der Waals surface area (Å²) >= 11 is 0. The van der Waals surface area contributed by atoms with Gasteiger partial charge in [-0.05, 0) is 198 Å². The van der Waals surface area contributed by atoms with Crippen LogP contribution in [0.1, 0.15) is 0 Å². The molecule has 20 aromatic rings. The first-order chi connectivity index (χ1) is 55.6. The predicted octanol–water partition coefficient (Wildman–Crippen LogP) is 29.8. The van der Waals surface area contributed by atoms with Crippen LogP contribution in [0.3, 0.4) is 0 Å². The van der Waals surface area contributed by atoms with Gasteiger partial charge in [0.15, 0.2) is 0 Å². The van der Waals surface area contributed by atoms with Gasteiger partial charge in [-0.2, -0.15) is 0 Å². The van der Waals surface area contributed by atoms with E-state index in [1.807, 2.05) is 0 Å². The Morgan fingerprint density at radius 3 is 0.723 bits per heavy atom. The van der Waals surface area contributed by atoms with Gasteiger partial charge in [0.2, 0.25) is 0 Å². The van der Waals surface area contributed by atoms with Gasteiger partial charge in [0.25, 0.3) is 0 Å². The van der Waals surface area contributed by atoms with E-state index in [1.54, 1.807) is 0 Å². The number of benzene rings is 18. The van der Waals surface area contributed by atoms with E-state index in [2.05, 4.69) is 468 Å². The summed E-state index contributed by atoms with van der Waals surface area (Å²) in [7, 11) is 0. The molecule has 0 aliphatic rings. The second kappa shape index (κ2) is 29.0. The maximum Gasteiger partial charge on any atom is 0.0619 e. The number of hydrogen-bond acceptors (Lipinski definition) is 2. The van der Waals surface area contributed by atoms with Crippen molar-refractivity contribution in [3.05, 3.63) is 449 Å². The lowest BCUT2D eigenvalue weighted by atomic mass is 9.94. The van der Waals surface area contributed by atoms with Crippen LogP contribution in [-0.2, 0) is 0 Å². The van der Waals surface area contributed by atoms with Gasteiger partial charge < -0.3 is 18.9 Å². The molecule has 0 saturated heterocycles. The molecule has 0 spiro atoms. The zero-order valence-corrected chi connectivity index (χ0v) is 61.5. The van der Waals surface area contributed by atoms with Crippen LogP contribution in [-0.4, -0.2) is 9.13 Å². The second-order valence-electron chi connectivity index (χ2n) is 28.7. The number of fused-ring (bicyclic) bond motifs is 4. The topological polar surface area (TPSA) is 16.3 Å². The average Bonchev–Trinajstić information content (AvgIpc) is 1.57. The molecule has 18 aromatic carbocycles. The van der Waals surface area contributed by atoms with Crippen LogP contribution in [0.15, 0.2) is 449 Å². The standard InChI is InChI=1S/C108H74N4/c1-7-25-75(26-8-1)77-45-49-79(50-46-77)81-53-59-91(60-54-81)109(101-43-23-39-83-29-19-21-41-97(83)101)93-63-67-95(68-64-93)111-103-71-57-89(73-99(103)105(85-31-11-3-12-32-85)107(111)87-35-15-5-16-36-87)90-58-72-104-100(74-90)106(86-33-13-4-14-34-86)108(88-37-17-6-18-38-88)112(104)96-69-65-94(66-70-96)110(102-44-24-40-84-30-20-22-42-98(84)102)92-61-55-82(56-62-92)80-51-47-78(48-52-80)76-27-9-2-10-28-76/h1-74H. The Morgan fingerprint density at radius 1 is 0.161 bits per heavy atom. The third-order valence-corrected chi connectivity index (χ3v) is 22.1. The van der Waals surface area contributed by atoms with E-state index in [4.69, 9.17) is 0 Å². The molecule has 526 valence electrons. The van der Waals surface area contributed by atoms with Crippen molar-refractivity contribution in [3.8, 4) is 112 Å². The lowest BCUT2D eigenvalue weighted by Gasteiger charge is -2.27.